The summed E-state index contributed by atoms with van der Waals surface area (Å²) in [4.78, 5) is 14.5. The number of hydrogen-bond donors (Lipinski definition) is 2. The van der Waals surface area contributed by atoms with E-state index in [4.69, 9.17) is 18.0 Å². The molecule has 1 rings (SSSR count). The standard InChI is InChI=1S/C15H23N3OS/c1-3-18(4-2)11-5-6-14(19)17-13-9-7-12(8-10-13)15(16)20/h7-10H,3-6,11H2,1-2H3,(H2,16,20)(H,17,19). The zero-order valence-corrected chi connectivity index (χ0v) is 13.0. The van der Waals surface area contributed by atoms with E-state index in [0.717, 1.165) is 37.3 Å². The first kappa shape index (κ1) is 16.6. The molecule has 0 atom stereocenters. The first-order chi connectivity index (χ1) is 9.56. The SMILES string of the molecule is CCN(CC)CCCC(=O)Nc1ccc(C(N)=S)cc1. The van der Waals surface area contributed by atoms with E-state index >= 15 is 0 Å². The number of carbonyl (C=O) groups excluding carboxylic acids is 1. The predicted molar refractivity (Wildman–Crippen MR) is 88.0 cm³/mol. The molecule has 0 bridgehead atoms. The maximum atomic E-state index is 11.8. The molecule has 0 heterocycles. The summed E-state index contributed by atoms with van der Waals surface area (Å²) in [5.74, 6) is 0.0419. The number of thiocarbonyl (C=S) groups is 1. The quantitative estimate of drug-likeness (QED) is 0.723. The van der Waals surface area contributed by atoms with E-state index in [2.05, 4.69) is 24.1 Å². The van der Waals surface area contributed by atoms with E-state index in [1.165, 1.54) is 0 Å². The summed E-state index contributed by atoms with van der Waals surface area (Å²) < 4.78 is 0. The molecule has 0 spiro atoms. The van der Waals surface area contributed by atoms with Gasteiger partial charge in [-0.1, -0.05) is 26.1 Å². The van der Waals surface area contributed by atoms with Crippen molar-refractivity contribution in [3.05, 3.63) is 29.8 Å². The van der Waals surface area contributed by atoms with Crippen molar-refractivity contribution in [2.45, 2.75) is 26.7 Å². The summed E-state index contributed by atoms with van der Waals surface area (Å²) in [6.07, 6.45) is 1.41. The fourth-order valence-corrected chi connectivity index (χ4v) is 2.08. The second-order valence-corrected chi connectivity index (χ2v) is 5.06. The highest BCUT2D eigenvalue weighted by Gasteiger charge is 2.05. The Bertz CT molecular complexity index is 441. The van der Waals surface area contributed by atoms with Gasteiger partial charge in [0.15, 0.2) is 0 Å². The molecule has 0 saturated carbocycles. The lowest BCUT2D eigenvalue weighted by atomic mass is 10.2. The van der Waals surface area contributed by atoms with Crippen molar-refractivity contribution >= 4 is 28.8 Å². The number of nitrogens with zero attached hydrogens (tertiary/aromatic N) is 1. The van der Waals surface area contributed by atoms with Crippen LogP contribution in [0.3, 0.4) is 0 Å². The highest BCUT2D eigenvalue weighted by Crippen LogP contribution is 2.10. The van der Waals surface area contributed by atoms with Gasteiger partial charge >= 0.3 is 0 Å². The molecule has 0 radical (unpaired) electrons. The van der Waals surface area contributed by atoms with E-state index in [1.54, 1.807) is 0 Å². The predicted octanol–water partition coefficient (Wildman–Crippen LogP) is 2.38. The average Bonchev–Trinajstić information content (AvgIpc) is 2.44. The molecule has 0 fully saturated rings. The smallest absolute Gasteiger partial charge is 0.224 e. The molecule has 110 valence electrons. The van der Waals surface area contributed by atoms with Crippen molar-refractivity contribution in [3.63, 3.8) is 0 Å². The fraction of sp³-hybridized carbons (Fsp3) is 0.467. The van der Waals surface area contributed by atoms with Crippen molar-refractivity contribution in [1.82, 2.24) is 4.90 Å². The van der Waals surface area contributed by atoms with Crippen molar-refractivity contribution in [2.75, 3.05) is 25.0 Å². The Morgan fingerprint density at radius 3 is 2.35 bits per heavy atom. The maximum absolute atomic E-state index is 11.8. The lowest BCUT2D eigenvalue weighted by molar-refractivity contribution is -0.116. The van der Waals surface area contributed by atoms with Crippen LogP contribution in [-0.4, -0.2) is 35.4 Å². The summed E-state index contributed by atoms with van der Waals surface area (Å²) in [5, 5.41) is 2.88. The molecule has 1 amide bonds. The van der Waals surface area contributed by atoms with Crippen molar-refractivity contribution in [1.29, 1.82) is 0 Å². The van der Waals surface area contributed by atoms with E-state index in [0.29, 0.717) is 11.4 Å². The fourth-order valence-electron chi connectivity index (χ4n) is 1.94. The topological polar surface area (TPSA) is 58.4 Å². The molecular weight excluding hydrogens is 270 g/mol. The van der Waals surface area contributed by atoms with Crippen LogP contribution in [0.2, 0.25) is 0 Å². The summed E-state index contributed by atoms with van der Waals surface area (Å²) >= 11 is 4.88. The molecule has 0 aliphatic heterocycles. The second-order valence-electron chi connectivity index (χ2n) is 4.62. The average molecular weight is 293 g/mol. The molecule has 4 nitrogen and oxygen atoms in total. The van der Waals surface area contributed by atoms with Gasteiger partial charge in [-0.2, -0.15) is 0 Å². The van der Waals surface area contributed by atoms with Gasteiger partial charge in [-0.25, -0.2) is 0 Å². The summed E-state index contributed by atoms with van der Waals surface area (Å²) in [7, 11) is 0. The third kappa shape index (κ3) is 5.67. The van der Waals surface area contributed by atoms with Crippen molar-refractivity contribution in [2.24, 2.45) is 5.73 Å². The number of anilines is 1. The van der Waals surface area contributed by atoms with Gasteiger partial charge in [0.1, 0.15) is 4.99 Å². The Hall–Kier alpha value is -1.46. The largest absolute Gasteiger partial charge is 0.389 e. The van der Waals surface area contributed by atoms with Crippen LogP contribution in [0.5, 0.6) is 0 Å². The number of nitrogens with one attached hydrogen (secondary N) is 1. The number of hydrogen-bond acceptors (Lipinski definition) is 3. The Morgan fingerprint density at radius 1 is 1.25 bits per heavy atom. The first-order valence-electron chi connectivity index (χ1n) is 6.98. The Morgan fingerprint density at radius 2 is 1.85 bits per heavy atom. The maximum Gasteiger partial charge on any atom is 0.224 e. The normalized spacial score (nSPS) is 10.6. The van der Waals surface area contributed by atoms with Crippen molar-refractivity contribution in [3.8, 4) is 0 Å². The van der Waals surface area contributed by atoms with E-state index in [-0.39, 0.29) is 5.91 Å². The number of amides is 1. The molecule has 0 aliphatic rings. The number of nitrogens with two attached hydrogens (primary N) is 1. The lowest BCUT2D eigenvalue weighted by Crippen LogP contribution is -2.25. The van der Waals surface area contributed by atoms with Crippen LogP contribution >= 0.6 is 12.2 Å². The molecule has 3 N–H and O–H groups in total. The van der Waals surface area contributed by atoms with E-state index in [9.17, 15) is 4.79 Å². The molecule has 1 aromatic carbocycles. The third-order valence-corrected chi connectivity index (χ3v) is 3.46. The summed E-state index contributed by atoms with van der Waals surface area (Å²) in [5.41, 5.74) is 7.11. The number of rotatable bonds is 8. The minimum Gasteiger partial charge on any atom is -0.389 e. The Balaban J connectivity index is 2.37. The molecule has 0 aromatic heterocycles. The number of carbonyl (C=O) groups is 1. The van der Waals surface area contributed by atoms with E-state index in [1.807, 2.05) is 24.3 Å². The van der Waals surface area contributed by atoms with Crippen LogP contribution in [0.4, 0.5) is 5.69 Å². The van der Waals surface area contributed by atoms with Gasteiger partial charge in [0.2, 0.25) is 5.91 Å². The molecule has 5 heteroatoms. The molecule has 1 aromatic rings. The van der Waals surface area contributed by atoms with Gasteiger partial charge in [0.25, 0.3) is 0 Å². The minimum atomic E-state index is 0.0419. The third-order valence-electron chi connectivity index (χ3n) is 3.23. The highest BCUT2D eigenvalue weighted by atomic mass is 32.1. The summed E-state index contributed by atoms with van der Waals surface area (Å²) in [6, 6.07) is 7.26. The zero-order valence-electron chi connectivity index (χ0n) is 12.2. The Labute approximate surface area is 126 Å². The van der Waals surface area contributed by atoms with Gasteiger partial charge in [-0.05, 0) is 50.3 Å². The van der Waals surface area contributed by atoms with Crippen LogP contribution in [0.25, 0.3) is 0 Å². The van der Waals surface area contributed by atoms with Gasteiger partial charge in [-0.3, -0.25) is 4.79 Å². The monoisotopic (exact) mass is 293 g/mol. The van der Waals surface area contributed by atoms with Gasteiger partial charge in [0.05, 0.1) is 0 Å². The molecule has 0 unspecified atom stereocenters. The van der Waals surface area contributed by atoms with Crippen LogP contribution in [0.15, 0.2) is 24.3 Å². The Kier molecular flexibility index (Phi) is 7.18. The van der Waals surface area contributed by atoms with Crippen LogP contribution in [0.1, 0.15) is 32.3 Å². The first-order valence-corrected chi connectivity index (χ1v) is 7.39. The second kappa shape index (κ2) is 8.66. The van der Waals surface area contributed by atoms with Gasteiger partial charge in [0, 0.05) is 17.7 Å². The highest BCUT2D eigenvalue weighted by molar-refractivity contribution is 7.80. The minimum absolute atomic E-state index is 0.0419. The molecule has 20 heavy (non-hydrogen) atoms. The van der Waals surface area contributed by atoms with Gasteiger partial charge in [-0.15, -0.1) is 0 Å². The van der Waals surface area contributed by atoms with Crippen molar-refractivity contribution < 1.29 is 4.79 Å². The van der Waals surface area contributed by atoms with Crippen LogP contribution < -0.4 is 11.1 Å². The van der Waals surface area contributed by atoms with Crippen LogP contribution in [0, 0.1) is 0 Å². The molecule has 0 saturated heterocycles. The summed E-state index contributed by atoms with van der Waals surface area (Å²) in [6.45, 7) is 7.28. The van der Waals surface area contributed by atoms with Crippen LogP contribution in [-0.2, 0) is 4.79 Å². The number of benzene rings is 1. The molecule has 0 aliphatic carbocycles. The molecular formula is C15H23N3OS. The lowest BCUT2D eigenvalue weighted by Gasteiger charge is -2.17. The van der Waals surface area contributed by atoms with Gasteiger partial charge < -0.3 is 16.0 Å². The van der Waals surface area contributed by atoms with E-state index < -0.39 is 0 Å². The zero-order chi connectivity index (χ0) is 15.0.